The Bertz CT molecular complexity index is 499. The molecule has 6 heteroatoms. The van der Waals surface area contributed by atoms with E-state index in [1.807, 2.05) is 13.0 Å². The van der Waals surface area contributed by atoms with Gasteiger partial charge in [-0.1, -0.05) is 6.07 Å². The lowest BCUT2D eigenvalue weighted by Crippen LogP contribution is -2.37. The zero-order valence-electron chi connectivity index (χ0n) is 10.9. The highest BCUT2D eigenvalue weighted by Gasteiger charge is 2.23. The first-order chi connectivity index (χ1) is 9.13. The lowest BCUT2D eigenvalue weighted by molar-refractivity contribution is -0.117. The van der Waals surface area contributed by atoms with Crippen LogP contribution in [0.4, 0.5) is 5.69 Å². The lowest BCUT2D eigenvalue weighted by atomic mass is 10.1. The van der Waals surface area contributed by atoms with Crippen molar-refractivity contribution in [2.75, 3.05) is 24.0 Å². The zero-order valence-corrected chi connectivity index (χ0v) is 11.8. The van der Waals surface area contributed by atoms with Gasteiger partial charge in [0.15, 0.2) is 0 Å². The molecule has 1 fully saturated rings. The van der Waals surface area contributed by atoms with Crippen molar-refractivity contribution in [3.05, 3.63) is 29.3 Å². The van der Waals surface area contributed by atoms with Gasteiger partial charge >= 0.3 is 0 Å². The normalized spacial score (nSPS) is 18.1. The first-order valence-corrected chi connectivity index (χ1v) is 7.22. The van der Waals surface area contributed by atoms with Crippen molar-refractivity contribution >= 4 is 29.3 Å². The molecule has 2 rings (SSSR count). The SMILES string of the molecule is CNC(=O)c1cccc(NC(=O)C2CSCN2)c1C. The van der Waals surface area contributed by atoms with Crippen LogP contribution in [0, 0.1) is 6.92 Å². The molecule has 1 aromatic rings. The number of benzene rings is 1. The summed E-state index contributed by atoms with van der Waals surface area (Å²) in [5, 5.41) is 8.58. The van der Waals surface area contributed by atoms with Gasteiger partial charge in [0, 0.05) is 29.9 Å². The van der Waals surface area contributed by atoms with Crippen molar-refractivity contribution in [1.29, 1.82) is 0 Å². The van der Waals surface area contributed by atoms with Crippen molar-refractivity contribution in [1.82, 2.24) is 10.6 Å². The molecule has 0 spiro atoms. The fourth-order valence-electron chi connectivity index (χ4n) is 1.94. The molecule has 1 aliphatic heterocycles. The molecule has 1 unspecified atom stereocenters. The molecule has 0 saturated carbocycles. The van der Waals surface area contributed by atoms with Crippen LogP contribution in [0.3, 0.4) is 0 Å². The van der Waals surface area contributed by atoms with Crippen LogP contribution in [0.15, 0.2) is 18.2 Å². The van der Waals surface area contributed by atoms with Crippen LogP contribution < -0.4 is 16.0 Å². The second-order valence-corrected chi connectivity index (χ2v) is 5.35. The summed E-state index contributed by atoms with van der Waals surface area (Å²) >= 11 is 1.70. The van der Waals surface area contributed by atoms with E-state index in [0.717, 1.165) is 17.2 Å². The van der Waals surface area contributed by atoms with E-state index in [0.29, 0.717) is 11.3 Å². The van der Waals surface area contributed by atoms with E-state index in [2.05, 4.69) is 16.0 Å². The van der Waals surface area contributed by atoms with Crippen LogP contribution in [0.25, 0.3) is 0 Å². The van der Waals surface area contributed by atoms with E-state index >= 15 is 0 Å². The molecule has 3 N–H and O–H groups in total. The fraction of sp³-hybridized carbons (Fsp3) is 0.385. The molecule has 5 nitrogen and oxygen atoms in total. The van der Waals surface area contributed by atoms with Gasteiger partial charge in [0.2, 0.25) is 5.91 Å². The Morgan fingerprint density at radius 3 is 2.84 bits per heavy atom. The monoisotopic (exact) mass is 279 g/mol. The summed E-state index contributed by atoms with van der Waals surface area (Å²) in [6.45, 7) is 1.83. The molecule has 0 aromatic heterocycles. The van der Waals surface area contributed by atoms with E-state index in [1.54, 1.807) is 30.9 Å². The van der Waals surface area contributed by atoms with E-state index in [1.165, 1.54) is 0 Å². The van der Waals surface area contributed by atoms with Gasteiger partial charge in [-0.25, -0.2) is 0 Å². The number of thioether (sulfide) groups is 1. The van der Waals surface area contributed by atoms with Gasteiger partial charge in [0.1, 0.15) is 0 Å². The van der Waals surface area contributed by atoms with Gasteiger partial charge < -0.3 is 10.6 Å². The molecular weight excluding hydrogens is 262 g/mol. The molecule has 1 aliphatic rings. The van der Waals surface area contributed by atoms with Gasteiger partial charge in [-0.2, -0.15) is 0 Å². The fourth-order valence-corrected chi connectivity index (χ4v) is 2.88. The molecular formula is C13H17N3O2S. The van der Waals surface area contributed by atoms with Crippen molar-refractivity contribution < 1.29 is 9.59 Å². The third kappa shape index (κ3) is 3.08. The Labute approximate surface area is 116 Å². The summed E-state index contributed by atoms with van der Waals surface area (Å²) in [5.74, 6) is 1.38. The molecule has 19 heavy (non-hydrogen) atoms. The number of carbonyl (C=O) groups excluding carboxylic acids is 2. The summed E-state index contributed by atoms with van der Waals surface area (Å²) in [6.07, 6.45) is 0. The first-order valence-electron chi connectivity index (χ1n) is 6.07. The maximum Gasteiger partial charge on any atom is 0.251 e. The quantitative estimate of drug-likeness (QED) is 0.770. The number of hydrogen-bond acceptors (Lipinski definition) is 4. The Morgan fingerprint density at radius 2 is 2.21 bits per heavy atom. The summed E-state index contributed by atoms with van der Waals surface area (Å²) in [6, 6.07) is 5.16. The van der Waals surface area contributed by atoms with Gasteiger partial charge in [-0.05, 0) is 24.6 Å². The highest BCUT2D eigenvalue weighted by Crippen LogP contribution is 2.20. The smallest absolute Gasteiger partial charge is 0.251 e. The summed E-state index contributed by atoms with van der Waals surface area (Å²) in [7, 11) is 1.59. The molecule has 102 valence electrons. The summed E-state index contributed by atoms with van der Waals surface area (Å²) < 4.78 is 0. The molecule has 0 bridgehead atoms. The summed E-state index contributed by atoms with van der Waals surface area (Å²) in [5.41, 5.74) is 2.04. The highest BCUT2D eigenvalue weighted by molar-refractivity contribution is 7.99. The second kappa shape index (κ2) is 6.08. The van der Waals surface area contributed by atoms with Crippen molar-refractivity contribution in [2.24, 2.45) is 0 Å². The van der Waals surface area contributed by atoms with Gasteiger partial charge in [0.05, 0.1) is 6.04 Å². The number of hydrogen-bond donors (Lipinski definition) is 3. The largest absolute Gasteiger partial charge is 0.355 e. The molecule has 1 heterocycles. The second-order valence-electron chi connectivity index (χ2n) is 4.32. The average Bonchev–Trinajstić information content (AvgIpc) is 2.94. The summed E-state index contributed by atoms with van der Waals surface area (Å²) in [4.78, 5) is 23.7. The van der Waals surface area contributed by atoms with Crippen LogP contribution in [0.5, 0.6) is 0 Å². The van der Waals surface area contributed by atoms with Crippen LogP contribution in [0.1, 0.15) is 15.9 Å². The van der Waals surface area contributed by atoms with Crippen LogP contribution in [-0.4, -0.2) is 36.5 Å². The average molecular weight is 279 g/mol. The van der Waals surface area contributed by atoms with Gasteiger partial charge in [-0.3, -0.25) is 14.9 Å². The van der Waals surface area contributed by atoms with Crippen LogP contribution in [0.2, 0.25) is 0 Å². The molecule has 0 radical (unpaired) electrons. The van der Waals surface area contributed by atoms with Crippen molar-refractivity contribution in [3.8, 4) is 0 Å². The minimum absolute atomic E-state index is 0.0536. The minimum Gasteiger partial charge on any atom is -0.355 e. The minimum atomic E-state index is -0.159. The molecule has 2 amide bonds. The maximum absolute atomic E-state index is 12.0. The maximum atomic E-state index is 12.0. The van der Waals surface area contributed by atoms with E-state index in [-0.39, 0.29) is 17.9 Å². The predicted molar refractivity (Wildman–Crippen MR) is 77.4 cm³/mol. The van der Waals surface area contributed by atoms with Crippen molar-refractivity contribution in [3.63, 3.8) is 0 Å². The molecule has 1 saturated heterocycles. The van der Waals surface area contributed by atoms with E-state index in [4.69, 9.17) is 0 Å². The van der Waals surface area contributed by atoms with Crippen LogP contribution >= 0.6 is 11.8 Å². The Morgan fingerprint density at radius 1 is 1.42 bits per heavy atom. The standard InChI is InChI=1S/C13H17N3O2S/c1-8-9(12(17)14-2)4-3-5-10(8)16-13(18)11-6-19-7-15-11/h3-5,11,15H,6-7H2,1-2H3,(H,14,17)(H,16,18). The third-order valence-corrected chi connectivity index (χ3v) is 4.04. The number of rotatable bonds is 3. The zero-order chi connectivity index (χ0) is 13.8. The highest BCUT2D eigenvalue weighted by atomic mass is 32.2. The Kier molecular flexibility index (Phi) is 4.44. The Hall–Kier alpha value is -1.53. The molecule has 1 atom stereocenters. The number of amides is 2. The molecule has 1 aromatic carbocycles. The number of anilines is 1. The van der Waals surface area contributed by atoms with E-state index in [9.17, 15) is 9.59 Å². The van der Waals surface area contributed by atoms with Gasteiger partial charge in [0.25, 0.3) is 5.91 Å². The topological polar surface area (TPSA) is 70.2 Å². The first kappa shape index (κ1) is 13.9. The Balaban J connectivity index is 2.16. The van der Waals surface area contributed by atoms with Crippen molar-refractivity contribution in [2.45, 2.75) is 13.0 Å². The third-order valence-electron chi connectivity index (χ3n) is 3.10. The molecule has 0 aliphatic carbocycles. The van der Waals surface area contributed by atoms with Gasteiger partial charge in [-0.15, -0.1) is 11.8 Å². The van der Waals surface area contributed by atoms with E-state index < -0.39 is 0 Å². The lowest BCUT2D eigenvalue weighted by Gasteiger charge is -2.14. The predicted octanol–water partition coefficient (Wildman–Crippen LogP) is 0.956. The number of carbonyl (C=O) groups is 2. The van der Waals surface area contributed by atoms with Crippen LogP contribution in [-0.2, 0) is 4.79 Å². The number of nitrogens with one attached hydrogen (secondary N) is 3.